The van der Waals surface area contributed by atoms with Gasteiger partial charge in [-0.25, -0.2) is 4.79 Å². The van der Waals surface area contributed by atoms with Crippen LogP contribution >= 0.6 is 15.9 Å². The van der Waals surface area contributed by atoms with E-state index in [1.165, 1.54) is 6.92 Å². The molecule has 3 amide bonds. The summed E-state index contributed by atoms with van der Waals surface area (Å²) in [4.78, 5) is 54.0. The predicted octanol–water partition coefficient (Wildman–Crippen LogP) is 4.52. The van der Waals surface area contributed by atoms with E-state index in [1.54, 1.807) is 12.1 Å². The second kappa shape index (κ2) is 9.20. The fourth-order valence-corrected chi connectivity index (χ4v) is 6.87. The minimum atomic E-state index is -1.14. The number of amides is 3. The number of imide groups is 1. The van der Waals surface area contributed by atoms with Gasteiger partial charge in [-0.05, 0) is 59.9 Å². The quantitative estimate of drug-likeness (QED) is 0.358. The molecule has 0 saturated carbocycles. The summed E-state index contributed by atoms with van der Waals surface area (Å²) in [5, 5.41) is 2.72. The van der Waals surface area contributed by atoms with Crippen LogP contribution in [0.15, 0.2) is 71.2 Å². The zero-order chi connectivity index (χ0) is 26.7. The molecule has 3 aliphatic carbocycles. The number of aryl methyl sites for hydroxylation is 1. The molecule has 7 nitrogen and oxygen atoms in total. The van der Waals surface area contributed by atoms with Crippen LogP contribution in [-0.4, -0.2) is 41.2 Å². The Balaban J connectivity index is 1.21. The van der Waals surface area contributed by atoms with Gasteiger partial charge in [0.15, 0.2) is 6.61 Å². The van der Waals surface area contributed by atoms with E-state index in [-0.39, 0.29) is 23.7 Å². The van der Waals surface area contributed by atoms with E-state index in [2.05, 4.69) is 21.2 Å². The molecule has 192 valence electrons. The van der Waals surface area contributed by atoms with Crippen LogP contribution in [0.5, 0.6) is 0 Å². The van der Waals surface area contributed by atoms with Gasteiger partial charge in [-0.15, -0.1) is 0 Å². The molecule has 3 atom stereocenters. The second-order valence-corrected chi connectivity index (χ2v) is 11.0. The molecule has 1 heterocycles. The van der Waals surface area contributed by atoms with Gasteiger partial charge in [0.1, 0.15) is 6.04 Å². The molecule has 2 bridgehead atoms. The van der Waals surface area contributed by atoms with Gasteiger partial charge in [0, 0.05) is 22.0 Å². The third-order valence-corrected chi connectivity index (χ3v) is 8.51. The van der Waals surface area contributed by atoms with Crippen molar-refractivity contribution in [2.75, 3.05) is 11.9 Å². The van der Waals surface area contributed by atoms with E-state index in [0.717, 1.165) is 37.2 Å². The van der Waals surface area contributed by atoms with Crippen LogP contribution in [-0.2, 0) is 23.9 Å². The van der Waals surface area contributed by atoms with Crippen molar-refractivity contribution in [3.05, 3.63) is 99.0 Å². The van der Waals surface area contributed by atoms with E-state index in [4.69, 9.17) is 4.74 Å². The van der Waals surface area contributed by atoms with E-state index in [0.29, 0.717) is 5.69 Å². The van der Waals surface area contributed by atoms with Crippen LogP contribution < -0.4 is 5.32 Å². The number of benzene rings is 3. The van der Waals surface area contributed by atoms with Crippen LogP contribution in [0.25, 0.3) is 0 Å². The number of halogens is 1. The number of carbonyl (C=O) groups excluding carboxylic acids is 4. The number of hydrogen-bond donors (Lipinski definition) is 1. The van der Waals surface area contributed by atoms with Crippen LogP contribution in [0, 0.1) is 18.8 Å². The molecule has 1 saturated heterocycles. The van der Waals surface area contributed by atoms with Crippen molar-refractivity contribution in [2.24, 2.45) is 11.8 Å². The maximum atomic E-state index is 13.8. The standard InChI is InChI=1S/C30H25BrN2O5/c1-15-13-17(31)11-12-22(15)32-23(34)14-38-30(37)16(2)33-28(35)26-24-18-7-3-4-8-19(18)25(27(26)29(33)36)21-10-6-5-9-20(21)24/h3-13,16,24-27H,14H2,1-2H3,(H,32,34)/t16-,24?,25?,26+,27+/m0/s1. The third kappa shape index (κ3) is 3.69. The normalized spacial score (nSPS) is 23.4. The lowest BCUT2D eigenvalue weighted by Crippen LogP contribution is -2.45. The summed E-state index contributed by atoms with van der Waals surface area (Å²) in [6.07, 6.45) is 0. The third-order valence-electron chi connectivity index (χ3n) is 8.02. The molecule has 0 spiro atoms. The van der Waals surface area contributed by atoms with E-state index in [9.17, 15) is 19.2 Å². The lowest BCUT2D eigenvalue weighted by molar-refractivity contribution is -0.159. The molecule has 7 rings (SSSR count). The molecule has 0 aromatic heterocycles. The molecule has 1 N–H and O–H groups in total. The number of nitrogens with one attached hydrogen (secondary N) is 1. The van der Waals surface area contributed by atoms with Gasteiger partial charge in [0.2, 0.25) is 11.8 Å². The van der Waals surface area contributed by atoms with E-state index >= 15 is 0 Å². The van der Waals surface area contributed by atoms with Gasteiger partial charge in [-0.3, -0.25) is 19.3 Å². The topological polar surface area (TPSA) is 92.8 Å². The summed E-state index contributed by atoms with van der Waals surface area (Å²) in [5.74, 6) is -3.67. The Morgan fingerprint density at radius 1 is 0.895 bits per heavy atom. The zero-order valence-corrected chi connectivity index (χ0v) is 22.4. The average molecular weight is 573 g/mol. The van der Waals surface area contributed by atoms with Crippen LogP contribution in [0.4, 0.5) is 5.69 Å². The Morgan fingerprint density at radius 2 is 1.39 bits per heavy atom. The Bertz CT molecular complexity index is 1400. The number of anilines is 1. The first-order chi connectivity index (χ1) is 18.3. The van der Waals surface area contributed by atoms with Crippen molar-refractivity contribution in [2.45, 2.75) is 31.7 Å². The fourth-order valence-electron chi connectivity index (χ4n) is 6.40. The summed E-state index contributed by atoms with van der Waals surface area (Å²) in [7, 11) is 0. The Kier molecular flexibility index (Phi) is 5.94. The van der Waals surface area contributed by atoms with Crippen LogP contribution in [0.2, 0.25) is 0 Å². The first kappa shape index (κ1) is 24.6. The maximum absolute atomic E-state index is 13.8. The molecule has 4 aliphatic rings. The molecule has 3 aromatic carbocycles. The minimum Gasteiger partial charge on any atom is -0.454 e. The highest BCUT2D eigenvalue weighted by Crippen LogP contribution is 2.61. The van der Waals surface area contributed by atoms with Crippen molar-refractivity contribution in [1.29, 1.82) is 0 Å². The number of likely N-dealkylation sites (tertiary alicyclic amines) is 1. The van der Waals surface area contributed by atoms with Crippen molar-refractivity contribution >= 4 is 45.3 Å². The first-order valence-electron chi connectivity index (χ1n) is 12.5. The first-order valence-corrected chi connectivity index (χ1v) is 13.3. The monoisotopic (exact) mass is 572 g/mol. The average Bonchev–Trinajstić information content (AvgIpc) is 3.18. The predicted molar refractivity (Wildman–Crippen MR) is 143 cm³/mol. The minimum absolute atomic E-state index is 0.248. The summed E-state index contributed by atoms with van der Waals surface area (Å²) < 4.78 is 6.13. The number of esters is 1. The smallest absolute Gasteiger partial charge is 0.329 e. The molecule has 38 heavy (non-hydrogen) atoms. The Morgan fingerprint density at radius 3 is 1.87 bits per heavy atom. The van der Waals surface area contributed by atoms with Gasteiger partial charge in [-0.2, -0.15) is 0 Å². The number of carbonyl (C=O) groups is 4. The summed E-state index contributed by atoms with van der Waals surface area (Å²) in [6.45, 7) is 2.81. The molecule has 1 aliphatic heterocycles. The number of nitrogens with zero attached hydrogens (tertiary/aromatic N) is 1. The lowest BCUT2D eigenvalue weighted by atomic mass is 9.55. The van der Waals surface area contributed by atoms with Gasteiger partial charge in [0.25, 0.3) is 5.91 Å². The maximum Gasteiger partial charge on any atom is 0.329 e. The Hall–Kier alpha value is -3.78. The van der Waals surface area contributed by atoms with Crippen molar-refractivity contribution in [3.63, 3.8) is 0 Å². The molecule has 0 radical (unpaired) electrons. The molecular formula is C30H25BrN2O5. The number of hydrogen-bond acceptors (Lipinski definition) is 5. The van der Waals surface area contributed by atoms with E-state index < -0.39 is 36.4 Å². The summed E-state index contributed by atoms with van der Waals surface area (Å²) >= 11 is 3.38. The number of ether oxygens (including phenoxy) is 1. The van der Waals surface area contributed by atoms with Crippen molar-refractivity contribution in [3.8, 4) is 0 Å². The van der Waals surface area contributed by atoms with Gasteiger partial charge < -0.3 is 10.1 Å². The Labute approximate surface area is 228 Å². The summed E-state index contributed by atoms with van der Waals surface area (Å²) in [5.41, 5.74) is 5.71. The molecule has 1 fully saturated rings. The highest BCUT2D eigenvalue weighted by atomic mass is 79.9. The van der Waals surface area contributed by atoms with Crippen molar-refractivity contribution < 1.29 is 23.9 Å². The van der Waals surface area contributed by atoms with Gasteiger partial charge >= 0.3 is 5.97 Å². The number of rotatable bonds is 5. The highest BCUT2D eigenvalue weighted by Gasteiger charge is 2.62. The molecular weight excluding hydrogens is 548 g/mol. The molecule has 3 aromatic rings. The highest BCUT2D eigenvalue weighted by molar-refractivity contribution is 9.10. The van der Waals surface area contributed by atoms with Gasteiger partial charge in [-0.1, -0.05) is 64.5 Å². The lowest BCUT2D eigenvalue weighted by Gasteiger charge is -2.45. The summed E-state index contributed by atoms with van der Waals surface area (Å²) in [6, 6.07) is 20.2. The molecule has 8 heteroatoms. The second-order valence-electron chi connectivity index (χ2n) is 10.1. The molecule has 0 unspecified atom stereocenters. The van der Waals surface area contributed by atoms with Crippen molar-refractivity contribution in [1.82, 2.24) is 4.90 Å². The SMILES string of the molecule is Cc1cc(Br)ccc1NC(=O)COC(=O)[C@H](C)N1C(=O)[C@@H]2C3c4ccccc4C(c4ccccc43)[C@H]2C1=O. The van der Waals surface area contributed by atoms with E-state index in [1.807, 2.05) is 61.5 Å². The van der Waals surface area contributed by atoms with Gasteiger partial charge in [0.05, 0.1) is 11.8 Å². The van der Waals surface area contributed by atoms with Crippen LogP contribution in [0.1, 0.15) is 46.6 Å². The zero-order valence-electron chi connectivity index (χ0n) is 20.8. The fraction of sp³-hybridized carbons (Fsp3) is 0.267. The largest absolute Gasteiger partial charge is 0.454 e. The van der Waals surface area contributed by atoms with Crippen LogP contribution in [0.3, 0.4) is 0 Å².